The Bertz CT molecular complexity index is 358. The highest BCUT2D eigenvalue weighted by Crippen LogP contribution is 2.20. The van der Waals surface area contributed by atoms with Crippen molar-refractivity contribution < 1.29 is 0 Å². The Labute approximate surface area is 97.5 Å². The number of nitrogens with zero attached hydrogens (tertiary/aromatic N) is 1. The summed E-state index contributed by atoms with van der Waals surface area (Å²) in [6.45, 7) is 5.40. The van der Waals surface area contributed by atoms with Crippen molar-refractivity contribution in [2.24, 2.45) is 5.92 Å². The zero-order chi connectivity index (χ0) is 11.5. The quantitative estimate of drug-likeness (QED) is 0.795. The number of aromatic nitrogens is 1. The number of anilines is 1. The van der Waals surface area contributed by atoms with Crippen molar-refractivity contribution in [2.75, 3.05) is 12.3 Å². The Hall–Kier alpha value is -1.09. The van der Waals surface area contributed by atoms with E-state index in [0.29, 0.717) is 11.7 Å². The molecule has 0 spiro atoms. The third-order valence-electron chi connectivity index (χ3n) is 3.04. The average molecular weight is 219 g/mol. The third kappa shape index (κ3) is 3.20. The van der Waals surface area contributed by atoms with Gasteiger partial charge in [0.05, 0.1) is 0 Å². The monoisotopic (exact) mass is 219 g/mol. The number of nitrogen functional groups attached to an aromatic ring is 1. The molecule has 16 heavy (non-hydrogen) atoms. The van der Waals surface area contributed by atoms with E-state index in [9.17, 15) is 0 Å². The van der Waals surface area contributed by atoms with Crippen LogP contribution in [0.2, 0.25) is 0 Å². The highest BCUT2D eigenvalue weighted by Gasteiger charge is 2.21. The molecule has 1 aromatic rings. The minimum Gasteiger partial charge on any atom is -0.383 e. The lowest BCUT2D eigenvalue weighted by molar-refractivity contribution is 0.509. The zero-order valence-electron chi connectivity index (χ0n) is 10.2. The number of nitrogens with two attached hydrogens (primary N) is 1. The van der Waals surface area contributed by atoms with Crippen LogP contribution in [0.3, 0.4) is 0 Å². The molecule has 1 heterocycles. The fourth-order valence-electron chi connectivity index (χ4n) is 1.91. The fraction of sp³-hybridized carbons (Fsp3) is 0.615. The molecular weight excluding hydrogens is 198 g/mol. The molecule has 1 atom stereocenters. The molecule has 0 bridgehead atoms. The average Bonchev–Trinajstić information content (AvgIpc) is 3.04. The summed E-state index contributed by atoms with van der Waals surface area (Å²) < 4.78 is 0. The van der Waals surface area contributed by atoms with Gasteiger partial charge in [0.2, 0.25) is 0 Å². The van der Waals surface area contributed by atoms with Gasteiger partial charge in [0.1, 0.15) is 5.82 Å². The Morgan fingerprint density at radius 3 is 3.00 bits per heavy atom. The van der Waals surface area contributed by atoms with Gasteiger partial charge in [0.15, 0.2) is 0 Å². The Morgan fingerprint density at radius 2 is 2.31 bits per heavy atom. The lowest BCUT2D eigenvalue weighted by Gasteiger charge is -2.13. The summed E-state index contributed by atoms with van der Waals surface area (Å²) in [5, 5.41) is 3.55. The molecule has 1 aliphatic rings. The Morgan fingerprint density at radius 1 is 1.56 bits per heavy atom. The normalized spacial score (nSPS) is 17.4. The number of pyridine rings is 1. The smallest absolute Gasteiger partial charge is 0.126 e. The van der Waals surface area contributed by atoms with Crippen LogP contribution in [-0.2, 0) is 6.42 Å². The predicted molar refractivity (Wildman–Crippen MR) is 67.3 cm³/mol. The maximum absolute atomic E-state index is 5.87. The van der Waals surface area contributed by atoms with E-state index < -0.39 is 0 Å². The van der Waals surface area contributed by atoms with Crippen LogP contribution in [0.15, 0.2) is 12.3 Å². The fourth-order valence-corrected chi connectivity index (χ4v) is 1.91. The molecule has 3 N–H and O–H groups in total. The van der Waals surface area contributed by atoms with Crippen molar-refractivity contribution in [3.05, 3.63) is 23.4 Å². The third-order valence-corrected chi connectivity index (χ3v) is 3.04. The molecule has 1 aromatic heterocycles. The lowest BCUT2D eigenvalue weighted by Crippen LogP contribution is -2.24. The van der Waals surface area contributed by atoms with Crippen LogP contribution in [0.5, 0.6) is 0 Å². The molecule has 0 saturated heterocycles. The van der Waals surface area contributed by atoms with Crippen LogP contribution in [0.1, 0.15) is 30.9 Å². The van der Waals surface area contributed by atoms with Crippen LogP contribution in [-0.4, -0.2) is 17.6 Å². The van der Waals surface area contributed by atoms with Gasteiger partial charge in [0, 0.05) is 12.2 Å². The molecule has 0 radical (unpaired) electrons. The molecule has 1 aliphatic carbocycles. The molecule has 1 fully saturated rings. The van der Waals surface area contributed by atoms with Crippen LogP contribution < -0.4 is 11.1 Å². The first-order chi connectivity index (χ1) is 7.65. The highest BCUT2D eigenvalue weighted by atomic mass is 14.9. The van der Waals surface area contributed by atoms with Crippen LogP contribution in [0.4, 0.5) is 5.82 Å². The van der Waals surface area contributed by atoms with Crippen LogP contribution in [0, 0.1) is 12.8 Å². The summed E-state index contributed by atoms with van der Waals surface area (Å²) in [5.74, 6) is 1.30. The molecule has 3 nitrogen and oxygen atoms in total. The molecule has 1 saturated carbocycles. The van der Waals surface area contributed by atoms with E-state index in [1.165, 1.54) is 24.0 Å². The maximum atomic E-state index is 5.87. The second-order valence-electron chi connectivity index (χ2n) is 5.05. The van der Waals surface area contributed by atoms with E-state index in [2.05, 4.69) is 30.2 Å². The van der Waals surface area contributed by atoms with Gasteiger partial charge in [-0.25, -0.2) is 4.98 Å². The summed E-state index contributed by atoms with van der Waals surface area (Å²) in [6.07, 6.45) is 5.54. The van der Waals surface area contributed by atoms with E-state index >= 15 is 0 Å². The van der Waals surface area contributed by atoms with Crippen molar-refractivity contribution in [1.82, 2.24) is 10.3 Å². The Balaban J connectivity index is 1.88. The molecule has 3 heteroatoms. The molecule has 88 valence electrons. The van der Waals surface area contributed by atoms with Gasteiger partial charge in [-0.15, -0.1) is 0 Å². The number of hydrogen-bond acceptors (Lipinski definition) is 3. The molecule has 2 rings (SSSR count). The standard InChI is InChI=1S/C13H21N3/c1-9(7-15-12-3-4-12)5-11-6-10(2)8-16-13(11)14/h6,8-9,12,15H,3-5,7H2,1-2H3,(H2,14,16). The first-order valence-corrected chi connectivity index (χ1v) is 6.09. The van der Waals surface area contributed by atoms with Gasteiger partial charge < -0.3 is 11.1 Å². The van der Waals surface area contributed by atoms with Gasteiger partial charge in [-0.3, -0.25) is 0 Å². The molecular formula is C13H21N3. The first-order valence-electron chi connectivity index (χ1n) is 6.09. The molecule has 0 amide bonds. The molecule has 0 aromatic carbocycles. The van der Waals surface area contributed by atoms with E-state index in [1.807, 2.05) is 6.20 Å². The summed E-state index contributed by atoms with van der Waals surface area (Å²) in [5.41, 5.74) is 8.25. The van der Waals surface area contributed by atoms with Crippen molar-refractivity contribution >= 4 is 5.82 Å². The summed E-state index contributed by atoms with van der Waals surface area (Å²) in [6, 6.07) is 2.94. The van der Waals surface area contributed by atoms with Gasteiger partial charge in [-0.05, 0) is 49.8 Å². The van der Waals surface area contributed by atoms with E-state index in [-0.39, 0.29) is 0 Å². The summed E-state index contributed by atoms with van der Waals surface area (Å²) in [7, 11) is 0. The van der Waals surface area contributed by atoms with Crippen molar-refractivity contribution in [3.8, 4) is 0 Å². The SMILES string of the molecule is Cc1cnc(N)c(CC(C)CNC2CC2)c1. The second kappa shape index (κ2) is 4.83. The van der Waals surface area contributed by atoms with Crippen molar-refractivity contribution in [1.29, 1.82) is 0 Å². The molecule has 0 aliphatic heterocycles. The minimum atomic E-state index is 0.617. The number of hydrogen-bond donors (Lipinski definition) is 2. The van der Waals surface area contributed by atoms with E-state index in [0.717, 1.165) is 19.0 Å². The van der Waals surface area contributed by atoms with Gasteiger partial charge in [-0.1, -0.05) is 13.0 Å². The molecule has 1 unspecified atom stereocenters. The topological polar surface area (TPSA) is 50.9 Å². The van der Waals surface area contributed by atoms with Gasteiger partial charge >= 0.3 is 0 Å². The Kier molecular flexibility index (Phi) is 3.44. The maximum Gasteiger partial charge on any atom is 0.126 e. The zero-order valence-corrected chi connectivity index (χ0v) is 10.2. The highest BCUT2D eigenvalue weighted by molar-refractivity contribution is 5.40. The summed E-state index contributed by atoms with van der Waals surface area (Å²) in [4.78, 5) is 4.20. The largest absolute Gasteiger partial charge is 0.383 e. The van der Waals surface area contributed by atoms with Gasteiger partial charge in [0.25, 0.3) is 0 Å². The predicted octanol–water partition coefficient (Wildman–Crippen LogP) is 1.90. The van der Waals surface area contributed by atoms with Crippen molar-refractivity contribution in [3.63, 3.8) is 0 Å². The van der Waals surface area contributed by atoms with Gasteiger partial charge in [-0.2, -0.15) is 0 Å². The number of rotatable bonds is 5. The van der Waals surface area contributed by atoms with Crippen molar-refractivity contribution in [2.45, 2.75) is 39.2 Å². The first kappa shape index (κ1) is 11.4. The second-order valence-corrected chi connectivity index (χ2v) is 5.05. The lowest BCUT2D eigenvalue weighted by atomic mass is 10.0. The van der Waals surface area contributed by atoms with Crippen LogP contribution in [0.25, 0.3) is 0 Å². The van der Waals surface area contributed by atoms with Crippen LogP contribution >= 0.6 is 0 Å². The summed E-state index contributed by atoms with van der Waals surface area (Å²) >= 11 is 0. The minimum absolute atomic E-state index is 0.617. The number of nitrogens with one attached hydrogen (secondary N) is 1. The number of aryl methyl sites for hydroxylation is 1. The van der Waals surface area contributed by atoms with E-state index in [4.69, 9.17) is 5.73 Å². The van der Waals surface area contributed by atoms with E-state index in [1.54, 1.807) is 0 Å².